The lowest BCUT2D eigenvalue weighted by Gasteiger charge is -2.01. The molecule has 0 saturated carbocycles. The summed E-state index contributed by atoms with van der Waals surface area (Å²) in [5, 5.41) is 5.97. The maximum Gasteiger partial charge on any atom is 0.281 e. The van der Waals surface area contributed by atoms with Crippen LogP contribution >= 0.6 is 11.3 Å². The predicted octanol–water partition coefficient (Wildman–Crippen LogP) is 3.10. The Balaban J connectivity index is 1.92. The van der Waals surface area contributed by atoms with Crippen molar-refractivity contribution in [2.45, 2.75) is 13.3 Å². The van der Waals surface area contributed by atoms with Gasteiger partial charge in [0.05, 0.1) is 4.88 Å². The summed E-state index contributed by atoms with van der Waals surface area (Å²) in [4.78, 5) is 12.3. The highest BCUT2D eigenvalue weighted by molar-refractivity contribution is 7.12. The van der Waals surface area contributed by atoms with Gasteiger partial charge in [0.1, 0.15) is 0 Å². The van der Waals surface area contributed by atoms with E-state index in [1.165, 1.54) is 16.9 Å². The molecule has 0 aliphatic heterocycles. The zero-order valence-corrected chi connectivity index (χ0v) is 10.9. The molecule has 1 aromatic heterocycles. The summed E-state index contributed by atoms with van der Waals surface area (Å²) in [5.41, 5.74) is 4.63. The van der Waals surface area contributed by atoms with E-state index in [-0.39, 0.29) is 5.91 Å². The van der Waals surface area contributed by atoms with E-state index < -0.39 is 0 Å². The molecule has 0 spiro atoms. The van der Waals surface area contributed by atoms with Gasteiger partial charge in [0, 0.05) is 12.1 Å². The summed E-state index contributed by atoms with van der Waals surface area (Å²) in [7, 11) is 0. The number of hydrogen-bond donors (Lipinski definition) is 1. The van der Waals surface area contributed by atoms with E-state index in [4.69, 9.17) is 0 Å². The first kappa shape index (κ1) is 12.5. The number of carbonyl (C=O) groups excluding carboxylic acids is 1. The number of hydrazone groups is 1. The Morgan fingerprint density at radius 2 is 2.00 bits per heavy atom. The third kappa shape index (κ3) is 3.53. The van der Waals surface area contributed by atoms with Gasteiger partial charge in [-0.2, -0.15) is 5.10 Å². The van der Waals surface area contributed by atoms with E-state index in [0.717, 1.165) is 12.1 Å². The minimum Gasteiger partial charge on any atom is -0.266 e. The molecular weight excluding hydrogens is 244 g/mol. The Morgan fingerprint density at radius 3 is 2.67 bits per heavy atom. The number of hydrogen-bond acceptors (Lipinski definition) is 3. The van der Waals surface area contributed by atoms with Gasteiger partial charge in [0.15, 0.2) is 0 Å². The third-order valence-corrected chi connectivity index (χ3v) is 3.26. The minimum absolute atomic E-state index is 0.155. The third-order valence-electron chi connectivity index (χ3n) is 2.40. The highest BCUT2D eigenvalue weighted by Crippen LogP contribution is 2.07. The molecule has 1 heterocycles. The number of nitrogens with zero attached hydrogens (tertiary/aromatic N) is 1. The van der Waals surface area contributed by atoms with Crippen LogP contribution in [-0.2, 0) is 6.42 Å². The average molecular weight is 258 g/mol. The maximum atomic E-state index is 11.7. The molecule has 0 unspecified atom stereocenters. The molecule has 2 aromatic rings. The molecule has 0 saturated heterocycles. The van der Waals surface area contributed by atoms with Crippen LogP contribution in [0.4, 0.5) is 0 Å². The van der Waals surface area contributed by atoms with Crippen LogP contribution in [-0.4, -0.2) is 11.6 Å². The summed E-state index contributed by atoms with van der Waals surface area (Å²) >= 11 is 1.41. The quantitative estimate of drug-likeness (QED) is 0.664. The molecule has 0 bridgehead atoms. The van der Waals surface area contributed by atoms with Crippen LogP contribution in [0.25, 0.3) is 0 Å². The van der Waals surface area contributed by atoms with Crippen LogP contribution in [0.15, 0.2) is 52.9 Å². The SMILES string of the molecule is C/C(Cc1ccccc1)=N\NC(=O)c1cccs1. The van der Waals surface area contributed by atoms with Crippen molar-refractivity contribution in [2.75, 3.05) is 0 Å². The van der Waals surface area contributed by atoms with Gasteiger partial charge in [0.2, 0.25) is 0 Å². The van der Waals surface area contributed by atoms with Gasteiger partial charge in [-0.15, -0.1) is 11.3 Å². The van der Waals surface area contributed by atoms with Crippen molar-refractivity contribution in [3.05, 3.63) is 58.3 Å². The lowest BCUT2D eigenvalue weighted by Crippen LogP contribution is -2.18. The van der Waals surface area contributed by atoms with E-state index in [1.54, 1.807) is 6.07 Å². The van der Waals surface area contributed by atoms with Gasteiger partial charge < -0.3 is 0 Å². The zero-order valence-electron chi connectivity index (χ0n) is 10.1. The van der Waals surface area contributed by atoms with Crippen molar-refractivity contribution in [2.24, 2.45) is 5.10 Å². The Bertz CT molecular complexity index is 532. The second-order valence-electron chi connectivity index (χ2n) is 3.93. The molecule has 4 heteroatoms. The van der Waals surface area contributed by atoms with E-state index in [1.807, 2.05) is 48.7 Å². The molecule has 2 rings (SSSR count). The maximum absolute atomic E-state index is 11.7. The van der Waals surface area contributed by atoms with Crippen molar-refractivity contribution in [3.63, 3.8) is 0 Å². The van der Waals surface area contributed by atoms with E-state index in [9.17, 15) is 4.79 Å². The molecule has 0 atom stereocenters. The van der Waals surface area contributed by atoms with Gasteiger partial charge in [-0.3, -0.25) is 4.79 Å². The van der Waals surface area contributed by atoms with Gasteiger partial charge in [-0.25, -0.2) is 5.43 Å². The highest BCUT2D eigenvalue weighted by atomic mass is 32.1. The van der Waals surface area contributed by atoms with Gasteiger partial charge >= 0.3 is 0 Å². The van der Waals surface area contributed by atoms with Gasteiger partial charge in [0.25, 0.3) is 5.91 Å². The number of thiophene rings is 1. The fraction of sp³-hybridized carbons (Fsp3) is 0.143. The van der Waals surface area contributed by atoms with Crippen LogP contribution < -0.4 is 5.43 Å². The number of rotatable bonds is 4. The van der Waals surface area contributed by atoms with Crippen LogP contribution in [0.1, 0.15) is 22.2 Å². The molecule has 0 aliphatic carbocycles. The number of nitrogens with one attached hydrogen (secondary N) is 1. The Morgan fingerprint density at radius 1 is 1.22 bits per heavy atom. The fourth-order valence-electron chi connectivity index (χ4n) is 1.54. The van der Waals surface area contributed by atoms with E-state index in [2.05, 4.69) is 10.5 Å². The number of amides is 1. The Hall–Kier alpha value is -1.94. The first-order valence-electron chi connectivity index (χ1n) is 5.66. The monoisotopic (exact) mass is 258 g/mol. The second-order valence-corrected chi connectivity index (χ2v) is 4.88. The van der Waals surface area contributed by atoms with Crippen molar-refractivity contribution < 1.29 is 4.79 Å². The molecule has 1 aromatic carbocycles. The van der Waals surface area contributed by atoms with Crippen molar-refractivity contribution in [1.82, 2.24) is 5.43 Å². The molecule has 0 fully saturated rings. The molecule has 0 radical (unpaired) electrons. The number of carbonyl (C=O) groups is 1. The van der Waals surface area contributed by atoms with Crippen molar-refractivity contribution >= 4 is 23.0 Å². The molecule has 1 amide bonds. The average Bonchev–Trinajstić information content (AvgIpc) is 2.91. The van der Waals surface area contributed by atoms with Crippen molar-refractivity contribution in [3.8, 4) is 0 Å². The van der Waals surface area contributed by atoms with Crippen molar-refractivity contribution in [1.29, 1.82) is 0 Å². The number of benzene rings is 1. The minimum atomic E-state index is -0.155. The molecule has 18 heavy (non-hydrogen) atoms. The van der Waals surface area contributed by atoms with E-state index >= 15 is 0 Å². The lowest BCUT2D eigenvalue weighted by atomic mass is 10.1. The normalized spacial score (nSPS) is 11.3. The lowest BCUT2D eigenvalue weighted by molar-refractivity contribution is 0.0959. The first-order chi connectivity index (χ1) is 8.75. The summed E-state index contributed by atoms with van der Waals surface area (Å²) in [6.07, 6.45) is 0.742. The van der Waals surface area contributed by atoms with Crippen LogP contribution in [0.5, 0.6) is 0 Å². The smallest absolute Gasteiger partial charge is 0.266 e. The Labute approximate surface area is 110 Å². The van der Waals surface area contributed by atoms with Crippen LogP contribution in [0, 0.1) is 0 Å². The summed E-state index contributed by atoms with van der Waals surface area (Å²) in [6, 6.07) is 13.7. The molecule has 3 nitrogen and oxygen atoms in total. The zero-order chi connectivity index (χ0) is 12.8. The Kier molecular flexibility index (Phi) is 4.25. The summed E-state index contributed by atoms with van der Waals surface area (Å²) in [6.45, 7) is 1.90. The first-order valence-corrected chi connectivity index (χ1v) is 6.54. The molecule has 1 N–H and O–H groups in total. The van der Waals surface area contributed by atoms with Gasteiger partial charge in [-0.05, 0) is 23.9 Å². The van der Waals surface area contributed by atoms with E-state index in [0.29, 0.717) is 4.88 Å². The van der Waals surface area contributed by atoms with Crippen LogP contribution in [0.2, 0.25) is 0 Å². The summed E-state index contributed by atoms with van der Waals surface area (Å²) in [5.74, 6) is -0.155. The van der Waals surface area contributed by atoms with Crippen LogP contribution in [0.3, 0.4) is 0 Å². The molecule has 92 valence electrons. The largest absolute Gasteiger partial charge is 0.281 e. The topological polar surface area (TPSA) is 41.5 Å². The fourth-order valence-corrected chi connectivity index (χ4v) is 2.15. The predicted molar refractivity (Wildman–Crippen MR) is 75.0 cm³/mol. The standard InChI is InChI=1S/C14H14N2OS/c1-11(10-12-6-3-2-4-7-12)15-16-14(17)13-8-5-9-18-13/h2-9H,10H2,1H3,(H,16,17)/b15-11+. The van der Waals surface area contributed by atoms with Gasteiger partial charge in [-0.1, -0.05) is 36.4 Å². The molecule has 0 aliphatic rings. The summed E-state index contributed by atoms with van der Waals surface area (Å²) < 4.78 is 0. The second kappa shape index (κ2) is 6.12. The molecular formula is C14H14N2OS. The highest BCUT2D eigenvalue weighted by Gasteiger charge is 2.04.